The molecule has 0 radical (unpaired) electrons. The zero-order valence-electron chi connectivity index (χ0n) is 7.25. The van der Waals surface area contributed by atoms with Crippen molar-refractivity contribution in [3.05, 3.63) is 12.2 Å². The molecule has 0 aromatic carbocycles. The predicted molar refractivity (Wildman–Crippen MR) is 46.9 cm³/mol. The van der Waals surface area contributed by atoms with Gasteiger partial charge in [0.25, 0.3) is 5.91 Å². The highest BCUT2D eigenvalue weighted by atomic mass is 16.2. The van der Waals surface area contributed by atoms with Crippen LogP contribution in [0, 0.1) is 5.92 Å². The molecule has 2 unspecified atom stereocenters. The number of hydrogen-bond acceptors (Lipinski definition) is 2. The van der Waals surface area contributed by atoms with E-state index in [1.54, 1.807) is 0 Å². The summed E-state index contributed by atoms with van der Waals surface area (Å²) < 4.78 is 0. The van der Waals surface area contributed by atoms with Crippen molar-refractivity contribution < 1.29 is 9.59 Å². The van der Waals surface area contributed by atoms with Crippen molar-refractivity contribution in [3.63, 3.8) is 0 Å². The lowest BCUT2D eigenvalue weighted by Gasteiger charge is -2.21. The van der Waals surface area contributed by atoms with E-state index in [0.717, 1.165) is 19.3 Å². The number of allylic oxidation sites excluding steroid dienone is 2. The van der Waals surface area contributed by atoms with E-state index in [2.05, 4.69) is 22.8 Å². The van der Waals surface area contributed by atoms with Crippen molar-refractivity contribution in [3.8, 4) is 0 Å². The van der Waals surface area contributed by atoms with Gasteiger partial charge in [0.05, 0.1) is 0 Å². The van der Waals surface area contributed by atoms with Crippen molar-refractivity contribution >= 4 is 11.9 Å². The molecule has 13 heavy (non-hydrogen) atoms. The maximum absolute atomic E-state index is 11.3. The van der Waals surface area contributed by atoms with Gasteiger partial charge in [-0.05, 0) is 25.2 Å². The molecule has 1 heterocycles. The molecular formula is C9H12N2O2. The van der Waals surface area contributed by atoms with E-state index < -0.39 is 0 Å². The van der Waals surface area contributed by atoms with Crippen LogP contribution < -0.4 is 10.6 Å². The standard InChI is InChI=1S/C9H12N2O2/c12-8-7(10-9(13)11-8)6-4-2-1-3-5-6/h1-2,6-7H,3-5H2,(H2,10,11,12,13). The molecule has 0 saturated carbocycles. The summed E-state index contributed by atoms with van der Waals surface area (Å²) in [7, 11) is 0. The fourth-order valence-corrected chi connectivity index (χ4v) is 1.88. The minimum Gasteiger partial charge on any atom is -0.326 e. The minimum absolute atomic E-state index is 0.176. The van der Waals surface area contributed by atoms with Gasteiger partial charge in [0.1, 0.15) is 6.04 Å². The lowest BCUT2D eigenvalue weighted by atomic mass is 9.88. The lowest BCUT2D eigenvalue weighted by Crippen LogP contribution is -2.37. The monoisotopic (exact) mass is 180 g/mol. The van der Waals surface area contributed by atoms with Gasteiger partial charge in [-0.1, -0.05) is 12.2 Å². The van der Waals surface area contributed by atoms with E-state index in [1.165, 1.54) is 0 Å². The average Bonchev–Trinajstić information content (AvgIpc) is 2.47. The summed E-state index contributed by atoms with van der Waals surface area (Å²) in [6.07, 6.45) is 7.06. The topological polar surface area (TPSA) is 58.2 Å². The van der Waals surface area contributed by atoms with Crippen LogP contribution >= 0.6 is 0 Å². The third-order valence-electron chi connectivity index (χ3n) is 2.59. The average molecular weight is 180 g/mol. The Bertz CT molecular complexity index is 273. The van der Waals surface area contributed by atoms with E-state index in [-0.39, 0.29) is 23.9 Å². The molecule has 0 bridgehead atoms. The van der Waals surface area contributed by atoms with Gasteiger partial charge in [-0.3, -0.25) is 10.1 Å². The van der Waals surface area contributed by atoms with E-state index in [4.69, 9.17) is 0 Å². The highest BCUT2D eigenvalue weighted by Crippen LogP contribution is 2.23. The number of imide groups is 1. The summed E-state index contributed by atoms with van der Waals surface area (Å²) in [6.45, 7) is 0. The quantitative estimate of drug-likeness (QED) is 0.457. The third-order valence-corrected chi connectivity index (χ3v) is 2.59. The fourth-order valence-electron chi connectivity index (χ4n) is 1.88. The normalized spacial score (nSPS) is 32.9. The molecule has 2 N–H and O–H groups in total. The number of carbonyl (C=O) groups is 2. The molecule has 4 nitrogen and oxygen atoms in total. The number of rotatable bonds is 1. The number of amides is 3. The molecule has 1 aliphatic heterocycles. The van der Waals surface area contributed by atoms with Crippen LogP contribution in [0.15, 0.2) is 12.2 Å². The summed E-state index contributed by atoms with van der Waals surface area (Å²) in [4.78, 5) is 22.1. The Morgan fingerprint density at radius 1 is 1.31 bits per heavy atom. The van der Waals surface area contributed by atoms with E-state index in [1.807, 2.05) is 0 Å². The van der Waals surface area contributed by atoms with Crippen molar-refractivity contribution in [1.29, 1.82) is 0 Å². The molecule has 0 aromatic rings. The SMILES string of the molecule is O=C1NC(=O)C(C2CC=CCC2)N1. The van der Waals surface area contributed by atoms with Crippen LogP contribution in [-0.4, -0.2) is 18.0 Å². The van der Waals surface area contributed by atoms with Gasteiger partial charge in [-0.15, -0.1) is 0 Å². The van der Waals surface area contributed by atoms with Crippen LogP contribution in [0.25, 0.3) is 0 Å². The number of carbonyl (C=O) groups excluding carboxylic acids is 2. The first-order valence-electron chi connectivity index (χ1n) is 4.54. The molecule has 0 aromatic heterocycles. The van der Waals surface area contributed by atoms with Crippen LogP contribution in [0.1, 0.15) is 19.3 Å². The minimum atomic E-state index is -0.357. The molecule has 2 atom stereocenters. The Hall–Kier alpha value is -1.32. The van der Waals surface area contributed by atoms with Crippen LogP contribution in [0.2, 0.25) is 0 Å². The molecule has 2 aliphatic rings. The Labute approximate surface area is 76.4 Å². The molecule has 3 amide bonds. The first kappa shape index (κ1) is 8.29. The van der Waals surface area contributed by atoms with Crippen LogP contribution in [0.5, 0.6) is 0 Å². The predicted octanol–water partition coefficient (Wildman–Crippen LogP) is 0.551. The Morgan fingerprint density at radius 3 is 2.69 bits per heavy atom. The number of urea groups is 1. The van der Waals surface area contributed by atoms with Crippen molar-refractivity contribution in [2.75, 3.05) is 0 Å². The third kappa shape index (κ3) is 1.56. The first-order valence-corrected chi connectivity index (χ1v) is 4.54. The molecule has 2 rings (SSSR count). The maximum atomic E-state index is 11.3. The second-order valence-electron chi connectivity index (χ2n) is 3.48. The van der Waals surface area contributed by atoms with E-state index in [0.29, 0.717) is 0 Å². The van der Waals surface area contributed by atoms with E-state index >= 15 is 0 Å². The Kier molecular flexibility index (Phi) is 2.04. The van der Waals surface area contributed by atoms with Crippen LogP contribution in [0.3, 0.4) is 0 Å². The number of hydrogen-bond donors (Lipinski definition) is 2. The molecule has 1 saturated heterocycles. The van der Waals surface area contributed by atoms with Gasteiger partial charge in [-0.2, -0.15) is 0 Å². The summed E-state index contributed by atoms with van der Waals surface area (Å²) in [5.74, 6) is 0.0988. The van der Waals surface area contributed by atoms with Crippen molar-refractivity contribution in [2.45, 2.75) is 25.3 Å². The van der Waals surface area contributed by atoms with Crippen LogP contribution in [-0.2, 0) is 4.79 Å². The summed E-state index contributed by atoms with van der Waals surface area (Å²) in [5, 5.41) is 4.89. The van der Waals surface area contributed by atoms with Gasteiger partial charge in [-0.25, -0.2) is 4.79 Å². The summed E-state index contributed by atoms with van der Waals surface area (Å²) in [5.41, 5.74) is 0. The molecule has 1 aliphatic carbocycles. The molecule has 4 heteroatoms. The maximum Gasteiger partial charge on any atom is 0.322 e. The highest BCUT2D eigenvalue weighted by molar-refractivity contribution is 6.04. The molecule has 0 spiro atoms. The zero-order chi connectivity index (χ0) is 9.26. The van der Waals surface area contributed by atoms with Gasteiger partial charge in [0.2, 0.25) is 0 Å². The van der Waals surface area contributed by atoms with Crippen molar-refractivity contribution in [2.24, 2.45) is 5.92 Å². The van der Waals surface area contributed by atoms with Gasteiger partial charge in [0.15, 0.2) is 0 Å². The zero-order valence-corrected chi connectivity index (χ0v) is 7.25. The van der Waals surface area contributed by atoms with Gasteiger partial charge < -0.3 is 5.32 Å². The smallest absolute Gasteiger partial charge is 0.322 e. The largest absolute Gasteiger partial charge is 0.326 e. The fraction of sp³-hybridized carbons (Fsp3) is 0.556. The Morgan fingerprint density at radius 2 is 2.15 bits per heavy atom. The van der Waals surface area contributed by atoms with Crippen molar-refractivity contribution in [1.82, 2.24) is 10.6 Å². The highest BCUT2D eigenvalue weighted by Gasteiger charge is 2.35. The van der Waals surface area contributed by atoms with Crippen LogP contribution in [0.4, 0.5) is 4.79 Å². The Balaban J connectivity index is 2.04. The second kappa shape index (κ2) is 3.20. The summed E-state index contributed by atoms with van der Waals surface area (Å²) in [6, 6.07) is -0.665. The number of nitrogens with one attached hydrogen (secondary N) is 2. The van der Waals surface area contributed by atoms with Gasteiger partial charge in [0, 0.05) is 0 Å². The molecular weight excluding hydrogens is 168 g/mol. The molecule has 1 fully saturated rings. The van der Waals surface area contributed by atoms with Gasteiger partial charge >= 0.3 is 6.03 Å². The van der Waals surface area contributed by atoms with E-state index in [9.17, 15) is 9.59 Å². The summed E-state index contributed by atoms with van der Waals surface area (Å²) >= 11 is 0. The molecule has 70 valence electrons. The second-order valence-corrected chi connectivity index (χ2v) is 3.48. The lowest BCUT2D eigenvalue weighted by molar-refractivity contribution is -0.121. The first-order chi connectivity index (χ1) is 6.27.